The maximum atomic E-state index is 13.0. The molecule has 0 aliphatic carbocycles. The lowest BCUT2D eigenvalue weighted by molar-refractivity contribution is 0.416. The summed E-state index contributed by atoms with van der Waals surface area (Å²) < 4.78 is 9.16. The topological polar surface area (TPSA) is 74.3 Å². The van der Waals surface area contributed by atoms with Crippen molar-refractivity contribution in [3.8, 4) is 16.3 Å². The minimum absolute atomic E-state index is 0.0279. The number of rotatable bonds is 7. The van der Waals surface area contributed by atoms with Gasteiger partial charge in [-0.3, -0.25) is 13.8 Å². The minimum Gasteiger partial charge on any atom is -0.496 e. The zero-order valence-electron chi connectivity index (χ0n) is 17.7. The Kier molecular flexibility index (Phi) is 5.67. The summed E-state index contributed by atoms with van der Waals surface area (Å²) in [5.41, 5.74) is 2.74. The van der Waals surface area contributed by atoms with Crippen LogP contribution in [-0.2, 0) is 12.3 Å². The molecule has 0 atom stereocenters. The number of thioether (sulfide) groups is 1. The molecule has 0 amide bonds. The lowest BCUT2D eigenvalue weighted by Gasteiger charge is -2.10. The molecule has 7 nitrogen and oxygen atoms in total. The first-order chi connectivity index (χ1) is 15.7. The first kappa shape index (κ1) is 20.7. The number of aryl methyl sites for hydroxylation is 1. The van der Waals surface area contributed by atoms with Gasteiger partial charge in [0.25, 0.3) is 5.56 Å². The van der Waals surface area contributed by atoms with E-state index in [-0.39, 0.29) is 5.56 Å². The van der Waals surface area contributed by atoms with Gasteiger partial charge < -0.3 is 4.74 Å². The van der Waals surface area contributed by atoms with Crippen molar-refractivity contribution in [3.05, 3.63) is 70.0 Å². The van der Waals surface area contributed by atoms with Gasteiger partial charge in [0.1, 0.15) is 10.8 Å². The van der Waals surface area contributed by atoms with Gasteiger partial charge in [-0.05, 0) is 30.7 Å². The molecule has 0 fully saturated rings. The van der Waals surface area contributed by atoms with Crippen LogP contribution in [0.15, 0.2) is 63.9 Å². The van der Waals surface area contributed by atoms with Crippen molar-refractivity contribution in [3.63, 3.8) is 0 Å². The van der Waals surface area contributed by atoms with Gasteiger partial charge in [0.05, 0.1) is 29.3 Å². The van der Waals surface area contributed by atoms with Crippen LogP contribution in [0.5, 0.6) is 5.75 Å². The predicted octanol–water partition coefficient (Wildman–Crippen LogP) is 4.88. The molecule has 5 aromatic rings. The zero-order valence-corrected chi connectivity index (χ0v) is 19.3. The maximum absolute atomic E-state index is 13.0. The van der Waals surface area contributed by atoms with Crippen LogP contribution >= 0.6 is 23.1 Å². The van der Waals surface area contributed by atoms with Crippen LogP contribution in [0, 0.1) is 0 Å². The molecule has 5 rings (SSSR count). The van der Waals surface area contributed by atoms with Crippen LogP contribution in [-0.4, -0.2) is 31.3 Å². The summed E-state index contributed by atoms with van der Waals surface area (Å²) >= 11 is 3.16. The fourth-order valence-corrected chi connectivity index (χ4v) is 5.50. The number of methoxy groups -OCH3 is 1. The van der Waals surface area contributed by atoms with Crippen molar-refractivity contribution in [2.75, 3.05) is 7.11 Å². The summed E-state index contributed by atoms with van der Waals surface area (Å²) in [6.45, 7) is 2.65. The van der Waals surface area contributed by atoms with E-state index in [0.29, 0.717) is 23.5 Å². The fraction of sp³-hybridized carbons (Fsp3) is 0.217. The fourth-order valence-electron chi connectivity index (χ4n) is 3.71. The second kappa shape index (κ2) is 8.76. The maximum Gasteiger partial charge on any atom is 0.262 e. The van der Waals surface area contributed by atoms with Gasteiger partial charge in [0, 0.05) is 17.7 Å². The van der Waals surface area contributed by atoms with Crippen LogP contribution in [0.4, 0.5) is 0 Å². The Bertz CT molecular complexity index is 1470. The molecule has 0 unspecified atom stereocenters. The van der Waals surface area contributed by atoms with E-state index < -0.39 is 0 Å². The molecule has 0 bridgehead atoms. The molecular weight excluding hydrogens is 442 g/mol. The van der Waals surface area contributed by atoms with Crippen molar-refractivity contribution in [1.29, 1.82) is 0 Å². The number of ether oxygens (including phenoxy) is 1. The van der Waals surface area contributed by atoms with Gasteiger partial charge in [0.2, 0.25) is 5.78 Å². The third-order valence-corrected chi connectivity index (χ3v) is 7.05. The molecule has 3 aromatic heterocycles. The number of thiazole rings is 1. The third-order valence-electron chi connectivity index (χ3n) is 5.16. The summed E-state index contributed by atoms with van der Waals surface area (Å²) in [6.07, 6.45) is 0.841. The Labute approximate surface area is 192 Å². The van der Waals surface area contributed by atoms with Crippen LogP contribution in [0.1, 0.15) is 19.0 Å². The van der Waals surface area contributed by atoms with Gasteiger partial charge in [-0.25, -0.2) is 4.98 Å². The number of aromatic nitrogens is 5. The van der Waals surface area contributed by atoms with Gasteiger partial charge in [-0.1, -0.05) is 43.0 Å². The standard InChI is InChI=1S/C23H21N5O2S2/c1-3-12-27-21(29)16-8-4-6-10-18(16)28-22(27)25-26-23(28)32-14-15-13-31-20(24-15)17-9-5-7-11-19(17)30-2/h4-11,13H,3,12,14H2,1-2H3. The number of hydrogen-bond acceptors (Lipinski definition) is 7. The summed E-state index contributed by atoms with van der Waals surface area (Å²) in [7, 11) is 1.67. The minimum atomic E-state index is -0.0279. The molecule has 0 saturated heterocycles. The number of nitrogens with zero attached hydrogens (tertiary/aromatic N) is 5. The lowest BCUT2D eigenvalue weighted by atomic mass is 10.2. The Hall–Kier alpha value is -3.17. The van der Waals surface area contributed by atoms with E-state index in [1.54, 1.807) is 34.8 Å². The first-order valence-corrected chi connectivity index (χ1v) is 12.1. The van der Waals surface area contributed by atoms with E-state index in [0.717, 1.165) is 39.1 Å². The number of benzene rings is 2. The van der Waals surface area contributed by atoms with Crippen LogP contribution in [0.2, 0.25) is 0 Å². The number of fused-ring (bicyclic) bond motifs is 3. The smallest absolute Gasteiger partial charge is 0.262 e. The average Bonchev–Trinajstić information content (AvgIpc) is 3.48. The molecular formula is C23H21N5O2S2. The van der Waals surface area contributed by atoms with E-state index in [1.807, 2.05) is 59.9 Å². The SMILES string of the molecule is CCCn1c(=O)c2ccccc2n2c(SCc3csc(-c4ccccc4OC)n3)nnc12. The highest BCUT2D eigenvalue weighted by atomic mass is 32.2. The molecule has 0 aliphatic rings. The van der Waals surface area contributed by atoms with Gasteiger partial charge >= 0.3 is 0 Å². The summed E-state index contributed by atoms with van der Waals surface area (Å²) in [6, 6.07) is 15.5. The number of para-hydroxylation sites is 2. The third kappa shape index (κ3) is 3.57. The Morgan fingerprint density at radius 3 is 2.75 bits per heavy atom. The molecule has 0 spiro atoms. The summed E-state index contributed by atoms with van der Waals surface area (Å²) in [4.78, 5) is 17.8. The highest BCUT2D eigenvalue weighted by Gasteiger charge is 2.17. The average molecular weight is 464 g/mol. The van der Waals surface area contributed by atoms with Crippen molar-refractivity contribution in [2.24, 2.45) is 0 Å². The van der Waals surface area contributed by atoms with E-state index in [9.17, 15) is 4.79 Å². The Morgan fingerprint density at radius 1 is 1.09 bits per heavy atom. The van der Waals surface area contributed by atoms with E-state index in [2.05, 4.69) is 15.6 Å². The first-order valence-electron chi connectivity index (χ1n) is 10.3. The predicted molar refractivity (Wildman–Crippen MR) is 129 cm³/mol. The molecule has 0 radical (unpaired) electrons. The van der Waals surface area contributed by atoms with E-state index in [4.69, 9.17) is 9.72 Å². The molecule has 2 aromatic carbocycles. The normalized spacial score (nSPS) is 11.4. The largest absolute Gasteiger partial charge is 0.496 e. The monoisotopic (exact) mass is 463 g/mol. The quantitative estimate of drug-likeness (QED) is 0.320. The Morgan fingerprint density at radius 2 is 1.91 bits per heavy atom. The van der Waals surface area contributed by atoms with Gasteiger partial charge in [0.15, 0.2) is 5.16 Å². The second-order valence-corrected chi connectivity index (χ2v) is 9.03. The second-order valence-electron chi connectivity index (χ2n) is 7.22. The summed E-state index contributed by atoms with van der Waals surface area (Å²) in [5, 5.41) is 13.2. The molecule has 32 heavy (non-hydrogen) atoms. The van der Waals surface area contributed by atoms with E-state index in [1.165, 1.54) is 0 Å². The van der Waals surface area contributed by atoms with Crippen LogP contribution in [0.3, 0.4) is 0 Å². The highest BCUT2D eigenvalue weighted by molar-refractivity contribution is 7.98. The molecule has 0 saturated carbocycles. The van der Waals surface area contributed by atoms with Crippen LogP contribution in [0.25, 0.3) is 27.3 Å². The Balaban J connectivity index is 1.50. The zero-order chi connectivity index (χ0) is 22.1. The van der Waals surface area contributed by atoms with Gasteiger partial charge in [-0.2, -0.15) is 0 Å². The number of hydrogen-bond donors (Lipinski definition) is 0. The molecule has 162 valence electrons. The summed E-state index contributed by atoms with van der Waals surface area (Å²) in [5.74, 6) is 2.03. The highest BCUT2D eigenvalue weighted by Crippen LogP contribution is 2.33. The van der Waals surface area contributed by atoms with E-state index >= 15 is 0 Å². The lowest BCUT2D eigenvalue weighted by Crippen LogP contribution is -2.23. The van der Waals surface area contributed by atoms with Crippen molar-refractivity contribution in [2.45, 2.75) is 30.8 Å². The molecule has 3 heterocycles. The molecule has 9 heteroatoms. The van der Waals surface area contributed by atoms with Gasteiger partial charge in [-0.15, -0.1) is 21.5 Å². The molecule has 0 aliphatic heterocycles. The van der Waals surface area contributed by atoms with Crippen LogP contribution < -0.4 is 10.3 Å². The van der Waals surface area contributed by atoms with Crippen molar-refractivity contribution < 1.29 is 4.74 Å². The molecule has 0 N–H and O–H groups in total. The van der Waals surface area contributed by atoms with Crippen molar-refractivity contribution in [1.82, 2.24) is 24.1 Å². The van der Waals surface area contributed by atoms with Crippen molar-refractivity contribution >= 4 is 39.8 Å².